The molecule has 0 aromatic heterocycles. The Morgan fingerprint density at radius 1 is 0.857 bits per heavy atom. The Balaban J connectivity index is 2.48. The van der Waals surface area contributed by atoms with Gasteiger partial charge in [-0.1, -0.05) is 34.8 Å². The Hall–Kier alpha value is -1.49. The van der Waals surface area contributed by atoms with Crippen molar-refractivity contribution in [2.45, 2.75) is 0 Å². The first-order valence-electron chi connectivity index (χ1n) is 5.89. The molecule has 0 spiro atoms. The third-order valence-electron chi connectivity index (χ3n) is 2.80. The topological polar surface area (TPSA) is 56.5 Å². The Morgan fingerprint density at radius 3 is 1.95 bits per heavy atom. The molecule has 2 aromatic carbocycles. The average molecular weight is 348 g/mol. The van der Waals surface area contributed by atoms with E-state index in [0.29, 0.717) is 43.6 Å². The molecule has 21 heavy (non-hydrogen) atoms. The summed E-state index contributed by atoms with van der Waals surface area (Å²) in [5.74, 6) is 1.03. The van der Waals surface area contributed by atoms with Crippen molar-refractivity contribution in [2.24, 2.45) is 0 Å². The van der Waals surface area contributed by atoms with Crippen LogP contribution < -0.4 is 20.5 Å². The number of halogens is 3. The molecule has 0 fully saturated rings. The van der Waals surface area contributed by atoms with Crippen LogP contribution in [0.4, 0.5) is 17.1 Å². The second-order valence-electron chi connectivity index (χ2n) is 4.17. The Kier molecular flexibility index (Phi) is 4.93. The molecule has 0 atom stereocenters. The lowest BCUT2D eigenvalue weighted by atomic mass is 10.2. The third-order valence-corrected chi connectivity index (χ3v) is 3.69. The summed E-state index contributed by atoms with van der Waals surface area (Å²) in [7, 11) is 3.07. The largest absolute Gasteiger partial charge is 0.495 e. The monoisotopic (exact) mass is 346 g/mol. The average Bonchev–Trinajstić information content (AvgIpc) is 2.43. The van der Waals surface area contributed by atoms with Gasteiger partial charge in [0.1, 0.15) is 11.5 Å². The minimum atomic E-state index is 0.399. The smallest absolute Gasteiger partial charge is 0.144 e. The fourth-order valence-corrected chi connectivity index (χ4v) is 2.63. The number of hydrogen-bond donors (Lipinski definition) is 2. The molecule has 2 aromatic rings. The second kappa shape index (κ2) is 6.52. The van der Waals surface area contributed by atoms with Gasteiger partial charge in [-0.05, 0) is 12.1 Å². The summed E-state index contributed by atoms with van der Waals surface area (Å²) >= 11 is 18.4. The van der Waals surface area contributed by atoms with Crippen molar-refractivity contribution in [3.63, 3.8) is 0 Å². The van der Waals surface area contributed by atoms with Gasteiger partial charge in [-0.25, -0.2) is 0 Å². The van der Waals surface area contributed by atoms with E-state index < -0.39 is 0 Å². The Morgan fingerprint density at radius 2 is 1.43 bits per heavy atom. The van der Waals surface area contributed by atoms with Gasteiger partial charge in [0, 0.05) is 17.8 Å². The maximum Gasteiger partial charge on any atom is 0.144 e. The lowest BCUT2D eigenvalue weighted by Crippen LogP contribution is -1.98. The molecule has 0 unspecified atom stereocenters. The number of nitrogen functional groups attached to an aromatic ring is 1. The van der Waals surface area contributed by atoms with Crippen molar-refractivity contribution in [1.82, 2.24) is 0 Å². The van der Waals surface area contributed by atoms with Crippen LogP contribution in [-0.4, -0.2) is 14.2 Å². The molecule has 0 amide bonds. The fourth-order valence-electron chi connectivity index (χ4n) is 1.80. The van der Waals surface area contributed by atoms with E-state index >= 15 is 0 Å². The van der Waals surface area contributed by atoms with Gasteiger partial charge in [0.15, 0.2) is 0 Å². The van der Waals surface area contributed by atoms with Crippen molar-refractivity contribution in [1.29, 1.82) is 0 Å². The summed E-state index contributed by atoms with van der Waals surface area (Å²) in [6.45, 7) is 0. The van der Waals surface area contributed by atoms with Gasteiger partial charge in [-0.2, -0.15) is 0 Å². The van der Waals surface area contributed by atoms with Crippen molar-refractivity contribution >= 4 is 51.9 Å². The minimum Gasteiger partial charge on any atom is -0.495 e. The number of nitrogens with one attached hydrogen (secondary N) is 1. The predicted molar refractivity (Wildman–Crippen MR) is 88.7 cm³/mol. The van der Waals surface area contributed by atoms with Gasteiger partial charge in [-0.15, -0.1) is 0 Å². The highest BCUT2D eigenvalue weighted by Gasteiger charge is 2.14. The van der Waals surface area contributed by atoms with E-state index in [2.05, 4.69) is 5.32 Å². The first kappa shape index (κ1) is 15.9. The minimum absolute atomic E-state index is 0.399. The van der Waals surface area contributed by atoms with Gasteiger partial charge >= 0.3 is 0 Å². The molecule has 0 radical (unpaired) electrons. The molecule has 0 bridgehead atoms. The molecule has 112 valence electrons. The molecular weight excluding hydrogens is 335 g/mol. The molecule has 7 heteroatoms. The van der Waals surface area contributed by atoms with Crippen LogP contribution in [0.25, 0.3) is 0 Å². The standard InChI is InChI=1S/C14H13Cl3N2O2/c1-20-12-6-11(13(21-2)5-8(12)15)19-14-9(16)3-7(18)4-10(14)17/h3-6,19H,18H2,1-2H3. The number of nitrogens with two attached hydrogens (primary N) is 1. The van der Waals surface area contributed by atoms with Crippen molar-refractivity contribution in [2.75, 3.05) is 25.3 Å². The van der Waals surface area contributed by atoms with E-state index in [-0.39, 0.29) is 0 Å². The van der Waals surface area contributed by atoms with E-state index in [4.69, 9.17) is 50.0 Å². The van der Waals surface area contributed by atoms with Crippen LogP contribution in [-0.2, 0) is 0 Å². The first-order valence-corrected chi connectivity index (χ1v) is 7.02. The number of methoxy groups -OCH3 is 2. The van der Waals surface area contributed by atoms with E-state index in [1.54, 1.807) is 24.3 Å². The molecule has 0 aliphatic rings. The van der Waals surface area contributed by atoms with Crippen LogP contribution in [0.1, 0.15) is 0 Å². The zero-order chi connectivity index (χ0) is 15.6. The van der Waals surface area contributed by atoms with Crippen LogP contribution in [0.15, 0.2) is 24.3 Å². The van der Waals surface area contributed by atoms with Crippen molar-refractivity contribution in [3.8, 4) is 11.5 Å². The molecule has 4 nitrogen and oxygen atoms in total. The van der Waals surface area contributed by atoms with E-state index in [1.165, 1.54) is 14.2 Å². The molecule has 0 heterocycles. The highest BCUT2D eigenvalue weighted by atomic mass is 35.5. The van der Waals surface area contributed by atoms with Crippen molar-refractivity contribution in [3.05, 3.63) is 39.3 Å². The highest BCUT2D eigenvalue weighted by molar-refractivity contribution is 6.39. The molecule has 2 rings (SSSR count). The van der Waals surface area contributed by atoms with Gasteiger partial charge in [-0.3, -0.25) is 0 Å². The summed E-state index contributed by atoms with van der Waals surface area (Å²) in [5, 5.41) is 4.34. The number of hydrogen-bond acceptors (Lipinski definition) is 4. The molecule has 0 saturated carbocycles. The van der Waals surface area contributed by atoms with Crippen LogP contribution in [0.2, 0.25) is 15.1 Å². The quantitative estimate of drug-likeness (QED) is 0.765. The molecular formula is C14H13Cl3N2O2. The molecule has 0 saturated heterocycles. The zero-order valence-corrected chi connectivity index (χ0v) is 13.6. The first-order chi connectivity index (χ1) is 9.96. The Labute approximate surface area is 137 Å². The van der Waals surface area contributed by atoms with Crippen LogP contribution in [0.3, 0.4) is 0 Å². The number of rotatable bonds is 4. The number of anilines is 3. The lowest BCUT2D eigenvalue weighted by molar-refractivity contribution is 0.405. The SMILES string of the molecule is COc1cc(Nc2c(Cl)cc(N)cc2Cl)c(OC)cc1Cl. The van der Waals surface area contributed by atoms with Crippen LogP contribution in [0, 0.1) is 0 Å². The summed E-state index contributed by atoms with van der Waals surface area (Å²) in [5.41, 5.74) is 7.31. The summed E-state index contributed by atoms with van der Waals surface area (Å²) < 4.78 is 10.5. The fraction of sp³-hybridized carbons (Fsp3) is 0.143. The van der Waals surface area contributed by atoms with Crippen molar-refractivity contribution < 1.29 is 9.47 Å². The van der Waals surface area contributed by atoms with Crippen LogP contribution >= 0.6 is 34.8 Å². The lowest BCUT2D eigenvalue weighted by Gasteiger charge is -2.16. The number of ether oxygens (including phenoxy) is 2. The van der Waals surface area contributed by atoms with Gasteiger partial charge in [0.05, 0.1) is 40.7 Å². The van der Waals surface area contributed by atoms with E-state index in [1.807, 2.05) is 0 Å². The molecule has 0 aliphatic carbocycles. The van der Waals surface area contributed by atoms with Crippen LogP contribution in [0.5, 0.6) is 11.5 Å². The Bertz CT molecular complexity index is 655. The maximum absolute atomic E-state index is 6.16. The van der Waals surface area contributed by atoms with Gasteiger partial charge in [0.2, 0.25) is 0 Å². The summed E-state index contributed by atoms with van der Waals surface area (Å²) in [6, 6.07) is 6.55. The zero-order valence-electron chi connectivity index (χ0n) is 11.3. The molecule has 0 aliphatic heterocycles. The summed E-state index contributed by atoms with van der Waals surface area (Å²) in [4.78, 5) is 0. The molecule has 3 N–H and O–H groups in total. The van der Waals surface area contributed by atoms with E-state index in [0.717, 1.165) is 0 Å². The number of benzene rings is 2. The van der Waals surface area contributed by atoms with Gasteiger partial charge < -0.3 is 20.5 Å². The second-order valence-corrected chi connectivity index (χ2v) is 5.39. The normalized spacial score (nSPS) is 10.3. The summed E-state index contributed by atoms with van der Waals surface area (Å²) in [6.07, 6.45) is 0. The maximum atomic E-state index is 6.16. The van der Waals surface area contributed by atoms with Gasteiger partial charge in [0.25, 0.3) is 0 Å². The predicted octanol–water partition coefficient (Wildman–Crippen LogP) is 4.99. The third kappa shape index (κ3) is 3.40. The highest BCUT2D eigenvalue weighted by Crippen LogP contribution is 2.41. The van der Waals surface area contributed by atoms with E-state index in [9.17, 15) is 0 Å².